The average molecular weight is 796 g/mol. The molecule has 0 saturated carbocycles. The lowest BCUT2D eigenvalue weighted by Gasteiger charge is -2.26. The Morgan fingerprint density at radius 2 is 1.04 bits per heavy atom. The van der Waals surface area contributed by atoms with Crippen LogP contribution in [0.15, 0.2) is 36.5 Å². The highest BCUT2D eigenvalue weighted by molar-refractivity contribution is 5.44. The van der Waals surface area contributed by atoms with E-state index in [4.69, 9.17) is 10.2 Å². The van der Waals surface area contributed by atoms with Crippen molar-refractivity contribution < 1.29 is 61.3 Å². The van der Waals surface area contributed by atoms with Crippen LogP contribution in [-0.2, 0) is 26.2 Å². The van der Waals surface area contributed by atoms with Crippen LogP contribution in [0, 0.1) is 13.8 Å². The average Bonchev–Trinajstić information content (AvgIpc) is 3.17. The van der Waals surface area contributed by atoms with E-state index in [0.29, 0.717) is 36.3 Å². The Kier molecular flexibility index (Phi) is 20.4. The molecule has 0 radical (unpaired) electrons. The van der Waals surface area contributed by atoms with Crippen LogP contribution >= 0.6 is 0 Å². The Bertz CT molecular complexity index is 1490. The van der Waals surface area contributed by atoms with Crippen LogP contribution in [0.2, 0.25) is 0 Å². The molecule has 1 heterocycles. The first kappa shape index (κ1) is 47.4. The quantitative estimate of drug-likeness (QED) is 0.0635. The Balaban J connectivity index is 1.66. The van der Waals surface area contributed by atoms with E-state index >= 15 is 0 Å². The first-order valence-corrected chi connectivity index (χ1v) is 19.2. The van der Waals surface area contributed by atoms with E-state index in [9.17, 15) is 51.1 Å². The number of hydrogen-bond acceptors (Lipinski definition) is 17. The number of nitrogens with zero attached hydrogens (tertiary/aromatic N) is 2. The second-order valence-corrected chi connectivity index (χ2v) is 14.8. The normalized spacial score (nSPS) is 19.9. The minimum atomic E-state index is -1.73. The Labute approximate surface area is 328 Å². The van der Waals surface area contributed by atoms with Gasteiger partial charge in [0, 0.05) is 81.2 Å². The van der Waals surface area contributed by atoms with Gasteiger partial charge in [0.1, 0.15) is 48.1 Å². The molecule has 0 fully saturated rings. The van der Waals surface area contributed by atoms with Crippen molar-refractivity contribution in [1.82, 2.24) is 25.8 Å². The first-order chi connectivity index (χ1) is 26.7. The van der Waals surface area contributed by atoms with E-state index in [1.54, 1.807) is 0 Å². The largest absolute Gasteiger partial charge is 0.507 e. The van der Waals surface area contributed by atoms with Gasteiger partial charge in [0.05, 0.1) is 25.4 Å². The predicted octanol–water partition coefficient (Wildman–Crippen LogP) is -3.03. The molecule has 17 nitrogen and oxygen atoms in total. The lowest BCUT2D eigenvalue weighted by molar-refractivity contribution is -0.114. The molecular weight excluding hydrogens is 730 g/mol. The van der Waals surface area contributed by atoms with Gasteiger partial charge < -0.3 is 82.1 Å². The molecule has 8 atom stereocenters. The smallest absolute Gasteiger partial charge is 0.125 e. The van der Waals surface area contributed by atoms with Crippen LogP contribution < -0.4 is 16.0 Å². The van der Waals surface area contributed by atoms with Gasteiger partial charge in [-0.15, -0.1) is 0 Å². The molecular formula is C39H65N5O12. The zero-order valence-electron chi connectivity index (χ0n) is 32.5. The van der Waals surface area contributed by atoms with Crippen LogP contribution in [0.5, 0.6) is 11.5 Å². The van der Waals surface area contributed by atoms with E-state index in [1.807, 2.05) is 44.3 Å². The number of nitrogens with one attached hydrogen (secondary N) is 3. The third-order valence-corrected chi connectivity index (χ3v) is 9.89. The van der Waals surface area contributed by atoms with Gasteiger partial charge in [-0.1, -0.05) is 41.5 Å². The molecule has 15 N–H and O–H groups in total. The summed E-state index contributed by atoms with van der Waals surface area (Å²) in [5.74, 6) is 0.199. The second-order valence-electron chi connectivity index (χ2n) is 14.8. The number of aryl methyl sites for hydroxylation is 2. The molecule has 0 aromatic heterocycles. The maximum atomic E-state index is 11.3. The third kappa shape index (κ3) is 14.8. The zero-order chi connectivity index (χ0) is 41.4. The first-order valence-electron chi connectivity index (χ1n) is 19.2. The van der Waals surface area contributed by atoms with Crippen molar-refractivity contribution in [3.63, 3.8) is 0 Å². The standard InChI is InChI=1S/C39H65N5O12/c1-24-12-26(16-41-18-30(47)36(53)38(55)32(49)22-45)34(51)28(14-24)20-43-8-3-6-40-7-4-9-44(11-5-10-43)21-29-15-25(2)13-27(35(29)52)17-42-19-31(48)37(54)39(56)33(50)23-46/h5,10,12-15,30-33,36-42,45-56H,3-4,6-9,11,16-23H2,1-2H3/b10-5-. The molecule has 0 amide bonds. The molecule has 0 saturated heterocycles. The maximum absolute atomic E-state index is 11.3. The summed E-state index contributed by atoms with van der Waals surface area (Å²) in [5, 5.41) is 130. The van der Waals surface area contributed by atoms with E-state index < -0.39 is 62.0 Å². The van der Waals surface area contributed by atoms with Crippen molar-refractivity contribution in [2.24, 2.45) is 0 Å². The highest BCUT2D eigenvalue weighted by Crippen LogP contribution is 2.28. The summed E-state index contributed by atoms with van der Waals surface area (Å²) in [7, 11) is 0. The van der Waals surface area contributed by atoms with Gasteiger partial charge >= 0.3 is 0 Å². The number of rotatable bonds is 20. The lowest BCUT2D eigenvalue weighted by Crippen LogP contribution is -2.48. The highest BCUT2D eigenvalue weighted by atomic mass is 16.4. The Morgan fingerprint density at radius 1 is 0.607 bits per heavy atom. The van der Waals surface area contributed by atoms with E-state index in [0.717, 1.165) is 55.7 Å². The summed E-state index contributed by atoms with van der Waals surface area (Å²) in [6, 6.07) is 7.49. The van der Waals surface area contributed by atoms with E-state index in [1.165, 1.54) is 0 Å². The highest BCUT2D eigenvalue weighted by Gasteiger charge is 2.31. The lowest BCUT2D eigenvalue weighted by atomic mass is 10.0. The van der Waals surface area contributed by atoms with E-state index in [-0.39, 0.29) is 37.7 Å². The van der Waals surface area contributed by atoms with Crippen molar-refractivity contribution in [3.8, 4) is 11.5 Å². The van der Waals surface area contributed by atoms with Gasteiger partial charge in [-0.25, -0.2) is 0 Å². The second kappa shape index (κ2) is 24.1. The van der Waals surface area contributed by atoms with Crippen LogP contribution in [0.25, 0.3) is 0 Å². The number of aromatic hydroxyl groups is 2. The maximum Gasteiger partial charge on any atom is 0.125 e. The van der Waals surface area contributed by atoms with Gasteiger partial charge in [0.25, 0.3) is 0 Å². The molecule has 8 unspecified atom stereocenters. The van der Waals surface area contributed by atoms with Crippen molar-refractivity contribution in [1.29, 1.82) is 0 Å². The van der Waals surface area contributed by atoms with Gasteiger partial charge in [0.2, 0.25) is 0 Å². The third-order valence-electron chi connectivity index (χ3n) is 9.89. The van der Waals surface area contributed by atoms with Gasteiger partial charge in [-0.2, -0.15) is 0 Å². The molecule has 0 aliphatic carbocycles. The van der Waals surface area contributed by atoms with Crippen LogP contribution in [-0.4, -0.2) is 179 Å². The SMILES string of the molecule is Cc1cc(CNCC(O)C(O)C(O)C(O)CO)c(O)c(CN2/C=C\CN(Cc3cc(C)cc(CNCC(O)C(O)C(O)C(O)CO)c3O)CCCNCCC2)c1. The molecule has 17 heteroatoms. The molecule has 2 aromatic carbocycles. The summed E-state index contributed by atoms with van der Waals surface area (Å²) >= 11 is 0. The minimum absolute atomic E-state index is 0.0946. The molecule has 1 aliphatic rings. The Morgan fingerprint density at radius 3 is 1.52 bits per heavy atom. The van der Waals surface area contributed by atoms with Crippen molar-refractivity contribution in [2.45, 2.75) is 102 Å². The van der Waals surface area contributed by atoms with Gasteiger partial charge in [-0.3, -0.25) is 4.90 Å². The van der Waals surface area contributed by atoms with Crippen molar-refractivity contribution in [3.05, 3.63) is 69.9 Å². The summed E-state index contributed by atoms with van der Waals surface area (Å²) in [6.45, 7) is 6.90. The number of benzene rings is 2. The molecule has 3 rings (SSSR count). The molecule has 0 spiro atoms. The number of hydrogen-bond donors (Lipinski definition) is 15. The van der Waals surface area contributed by atoms with E-state index in [2.05, 4.69) is 31.8 Å². The predicted molar refractivity (Wildman–Crippen MR) is 208 cm³/mol. The van der Waals surface area contributed by atoms with Gasteiger partial charge in [0.15, 0.2) is 0 Å². The summed E-state index contributed by atoms with van der Waals surface area (Å²) in [6.07, 6.45) is -7.05. The van der Waals surface area contributed by atoms with Gasteiger partial charge in [-0.05, 0) is 46.0 Å². The fourth-order valence-corrected chi connectivity index (χ4v) is 6.66. The van der Waals surface area contributed by atoms with Crippen LogP contribution in [0.1, 0.15) is 46.2 Å². The fourth-order valence-electron chi connectivity index (χ4n) is 6.66. The molecule has 1 aliphatic heterocycles. The zero-order valence-corrected chi connectivity index (χ0v) is 32.5. The monoisotopic (exact) mass is 795 g/mol. The van der Waals surface area contributed by atoms with Crippen LogP contribution in [0.4, 0.5) is 0 Å². The van der Waals surface area contributed by atoms with Crippen molar-refractivity contribution in [2.75, 3.05) is 59.0 Å². The fraction of sp³-hybridized carbons (Fsp3) is 0.641. The molecule has 2 aromatic rings. The topological polar surface area (TPSA) is 285 Å². The summed E-state index contributed by atoms with van der Waals surface area (Å²) < 4.78 is 0. The Hall–Kier alpha value is -2.98. The number of aliphatic hydroxyl groups excluding tert-OH is 10. The van der Waals surface area contributed by atoms with Crippen LogP contribution in [0.3, 0.4) is 0 Å². The van der Waals surface area contributed by atoms with Crippen molar-refractivity contribution >= 4 is 0 Å². The number of phenolic OH excluding ortho intramolecular Hbond substituents is 2. The summed E-state index contributed by atoms with van der Waals surface area (Å²) in [5.41, 5.74) is 4.45. The number of phenols is 2. The summed E-state index contributed by atoms with van der Waals surface area (Å²) in [4.78, 5) is 4.35. The molecule has 318 valence electrons. The molecule has 0 bridgehead atoms. The molecule has 56 heavy (non-hydrogen) atoms. The number of aliphatic hydroxyl groups is 10. The minimum Gasteiger partial charge on any atom is -0.507 e.